The summed E-state index contributed by atoms with van der Waals surface area (Å²) >= 11 is 0. The van der Waals surface area contributed by atoms with Crippen LogP contribution in [0.3, 0.4) is 0 Å². The second kappa shape index (κ2) is 7.50. The average Bonchev–Trinajstić information content (AvgIpc) is 2.72. The zero-order valence-corrected chi connectivity index (χ0v) is 15.7. The largest absolute Gasteiger partial charge is 0.494 e. The van der Waals surface area contributed by atoms with E-state index in [0.717, 1.165) is 50.4 Å². The normalized spacial score (nSPS) is 22.9. The Labute approximate surface area is 159 Å². The van der Waals surface area contributed by atoms with Gasteiger partial charge in [-0.3, -0.25) is 9.78 Å². The van der Waals surface area contributed by atoms with E-state index in [9.17, 15) is 4.79 Å². The van der Waals surface area contributed by atoms with Crippen molar-refractivity contribution in [2.75, 3.05) is 31.6 Å². The first-order valence-electron chi connectivity index (χ1n) is 9.45. The highest BCUT2D eigenvalue weighted by atomic mass is 16.5. The van der Waals surface area contributed by atoms with Gasteiger partial charge in [-0.2, -0.15) is 0 Å². The fourth-order valence-corrected chi connectivity index (χ4v) is 4.24. The molecule has 2 saturated heterocycles. The second-order valence-electron chi connectivity index (χ2n) is 7.55. The molecule has 0 aliphatic carbocycles. The Balaban J connectivity index is 1.48. The Morgan fingerprint density at radius 1 is 1.15 bits per heavy atom. The van der Waals surface area contributed by atoms with Crippen LogP contribution in [0.1, 0.15) is 31.2 Å². The van der Waals surface area contributed by atoms with E-state index in [0.29, 0.717) is 18.7 Å². The van der Waals surface area contributed by atoms with Crippen molar-refractivity contribution in [2.24, 2.45) is 5.41 Å². The number of amides is 1. The molecule has 2 fully saturated rings. The number of anilines is 1. The van der Waals surface area contributed by atoms with Crippen LogP contribution in [0.2, 0.25) is 0 Å². The molecule has 0 aromatic carbocycles. The molecule has 1 atom stereocenters. The Morgan fingerprint density at radius 3 is 2.67 bits per heavy atom. The van der Waals surface area contributed by atoms with Crippen molar-refractivity contribution < 1.29 is 9.53 Å². The summed E-state index contributed by atoms with van der Waals surface area (Å²) in [6.07, 6.45) is 10.8. The molecule has 2 aromatic rings. The minimum Gasteiger partial charge on any atom is -0.494 e. The molecule has 1 spiro atoms. The number of methoxy groups -OCH3 is 1. The molecule has 0 bridgehead atoms. The Hall–Kier alpha value is -2.70. The summed E-state index contributed by atoms with van der Waals surface area (Å²) in [6, 6.07) is 3.96. The van der Waals surface area contributed by atoms with Crippen LogP contribution in [0.5, 0.6) is 5.75 Å². The van der Waals surface area contributed by atoms with E-state index < -0.39 is 0 Å². The third-order valence-electron chi connectivity index (χ3n) is 5.67. The van der Waals surface area contributed by atoms with Crippen LogP contribution in [0.15, 0.2) is 36.9 Å². The molecule has 2 aromatic heterocycles. The van der Waals surface area contributed by atoms with E-state index in [4.69, 9.17) is 4.74 Å². The fraction of sp³-hybridized carbons (Fsp3) is 0.500. The highest BCUT2D eigenvalue weighted by molar-refractivity contribution is 5.77. The van der Waals surface area contributed by atoms with Crippen LogP contribution in [-0.2, 0) is 11.3 Å². The van der Waals surface area contributed by atoms with Gasteiger partial charge in [-0.25, -0.2) is 9.97 Å². The molecule has 2 aliphatic heterocycles. The number of carbonyl (C=O) groups is 1. The molecule has 0 unspecified atom stereocenters. The van der Waals surface area contributed by atoms with E-state index >= 15 is 0 Å². The van der Waals surface area contributed by atoms with E-state index in [-0.39, 0.29) is 11.3 Å². The SMILES string of the molecule is COc1cnc(N2CCC[C@]3(CCC(=O)N(Cc4ccncc4)C3)C2)nc1. The van der Waals surface area contributed by atoms with E-state index in [1.54, 1.807) is 31.9 Å². The molecule has 142 valence electrons. The summed E-state index contributed by atoms with van der Waals surface area (Å²) in [6.45, 7) is 3.29. The summed E-state index contributed by atoms with van der Waals surface area (Å²) in [4.78, 5) is 29.7. The van der Waals surface area contributed by atoms with E-state index in [1.165, 1.54) is 0 Å². The second-order valence-corrected chi connectivity index (χ2v) is 7.55. The third-order valence-corrected chi connectivity index (χ3v) is 5.67. The minimum atomic E-state index is 0.114. The molecule has 0 radical (unpaired) electrons. The predicted molar refractivity (Wildman–Crippen MR) is 101 cm³/mol. The highest BCUT2D eigenvalue weighted by Gasteiger charge is 2.42. The van der Waals surface area contributed by atoms with Crippen molar-refractivity contribution in [3.05, 3.63) is 42.5 Å². The number of hydrogen-bond acceptors (Lipinski definition) is 6. The molecule has 27 heavy (non-hydrogen) atoms. The number of pyridine rings is 1. The molecule has 2 aliphatic rings. The average molecular weight is 367 g/mol. The molecular weight excluding hydrogens is 342 g/mol. The lowest BCUT2D eigenvalue weighted by molar-refractivity contribution is -0.138. The minimum absolute atomic E-state index is 0.114. The van der Waals surface area contributed by atoms with Gasteiger partial charge in [0.2, 0.25) is 11.9 Å². The number of likely N-dealkylation sites (tertiary alicyclic amines) is 1. The molecular formula is C20H25N5O2. The molecule has 4 heterocycles. The molecule has 0 saturated carbocycles. The van der Waals surface area contributed by atoms with Crippen LogP contribution < -0.4 is 9.64 Å². The number of hydrogen-bond donors (Lipinski definition) is 0. The molecule has 0 N–H and O–H groups in total. The van der Waals surface area contributed by atoms with Crippen LogP contribution in [0.25, 0.3) is 0 Å². The maximum Gasteiger partial charge on any atom is 0.225 e. The zero-order valence-electron chi connectivity index (χ0n) is 15.7. The van der Waals surface area contributed by atoms with Gasteiger partial charge in [0.15, 0.2) is 5.75 Å². The summed E-state index contributed by atoms with van der Waals surface area (Å²) in [5.74, 6) is 1.65. The molecule has 4 rings (SSSR count). The van der Waals surface area contributed by atoms with Gasteiger partial charge in [0, 0.05) is 50.4 Å². The number of nitrogens with zero attached hydrogens (tertiary/aromatic N) is 5. The zero-order chi connectivity index (χ0) is 18.7. The monoisotopic (exact) mass is 367 g/mol. The first-order chi connectivity index (χ1) is 13.2. The van der Waals surface area contributed by atoms with Crippen molar-refractivity contribution in [1.82, 2.24) is 19.9 Å². The van der Waals surface area contributed by atoms with Crippen molar-refractivity contribution >= 4 is 11.9 Å². The quantitative estimate of drug-likeness (QED) is 0.826. The maximum atomic E-state index is 12.5. The van der Waals surface area contributed by atoms with Gasteiger partial charge < -0.3 is 14.5 Å². The van der Waals surface area contributed by atoms with Gasteiger partial charge >= 0.3 is 0 Å². The first kappa shape index (κ1) is 17.7. The standard InChI is InChI=1S/C20H25N5O2/c1-27-17-11-22-19(23-12-17)24-10-2-6-20(14-24)7-3-18(26)25(15-20)13-16-4-8-21-9-5-16/h4-5,8-9,11-12H,2-3,6-7,10,13-15H2,1H3/t20-/m0/s1. The van der Waals surface area contributed by atoms with Crippen molar-refractivity contribution in [1.29, 1.82) is 0 Å². The summed E-state index contributed by atoms with van der Waals surface area (Å²) < 4.78 is 5.16. The van der Waals surface area contributed by atoms with Gasteiger partial charge in [-0.15, -0.1) is 0 Å². The van der Waals surface area contributed by atoms with Gasteiger partial charge in [0.25, 0.3) is 0 Å². The Bertz CT molecular complexity index is 783. The number of aromatic nitrogens is 3. The lowest BCUT2D eigenvalue weighted by Gasteiger charge is -2.48. The topological polar surface area (TPSA) is 71.5 Å². The fourth-order valence-electron chi connectivity index (χ4n) is 4.24. The third kappa shape index (κ3) is 3.86. The first-order valence-corrected chi connectivity index (χ1v) is 9.45. The van der Waals surface area contributed by atoms with Crippen LogP contribution in [0.4, 0.5) is 5.95 Å². The Morgan fingerprint density at radius 2 is 1.93 bits per heavy atom. The van der Waals surface area contributed by atoms with E-state index in [1.807, 2.05) is 17.0 Å². The lowest BCUT2D eigenvalue weighted by atomic mass is 9.73. The number of carbonyl (C=O) groups excluding carboxylic acids is 1. The number of piperidine rings is 2. The number of rotatable bonds is 4. The highest BCUT2D eigenvalue weighted by Crippen LogP contribution is 2.40. The molecule has 1 amide bonds. The van der Waals surface area contributed by atoms with Gasteiger partial charge in [0.05, 0.1) is 19.5 Å². The van der Waals surface area contributed by atoms with Crippen LogP contribution in [0, 0.1) is 5.41 Å². The van der Waals surface area contributed by atoms with Crippen molar-refractivity contribution in [3.63, 3.8) is 0 Å². The van der Waals surface area contributed by atoms with Crippen LogP contribution in [-0.4, -0.2) is 52.5 Å². The maximum absolute atomic E-state index is 12.5. The molecule has 7 heteroatoms. The van der Waals surface area contributed by atoms with Gasteiger partial charge in [0.1, 0.15) is 0 Å². The summed E-state index contributed by atoms with van der Waals surface area (Å²) in [5, 5.41) is 0. The van der Waals surface area contributed by atoms with Crippen molar-refractivity contribution in [3.8, 4) is 5.75 Å². The summed E-state index contributed by atoms with van der Waals surface area (Å²) in [5.41, 5.74) is 1.24. The Kier molecular flexibility index (Phi) is 4.92. The molecule has 7 nitrogen and oxygen atoms in total. The van der Waals surface area contributed by atoms with Gasteiger partial charge in [-0.05, 0) is 37.0 Å². The smallest absolute Gasteiger partial charge is 0.225 e. The van der Waals surface area contributed by atoms with Gasteiger partial charge in [-0.1, -0.05) is 0 Å². The number of ether oxygens (including phenoxy) is 1. The van der Waals surface area contributed by atoms with E-state index in [2.05, 4.69) is 19.9 Å². The van der Waals surface area contributed by atoms with Crippen molar-refractivity contribution in [2.45, 2.75) is 32.2 Å². The van der Waals surface area contributed by atoms with Crippen LogP contribution >= 0.6 is 0 Å². The summed E-state index contributed by atoms with van der Waals surface area (Å²) in [7, 11) is 1.62. The lowest BCUT2D eigenvalue weighted by Crippen LogP contribution is -2.54. The predicted octanol–water partition coefficient (Wildman–Crippen LogP) is 2.29.